The van der Waals surface area contributed by atoms with Gasteiger partial charge < -0.3 is 25.0 Å². The van der Waals surface area contributed by atoms with Gasteiger partial charge in [-0.05, 0) is 38.1 Å². The number of aryl methyl sites for hydroxylation is 1. The van der Waals surface area contributed by atoms with Gasteiger partial charge >= 0.3 is 6.01 Å². The van der Waals surface area contributed by atoms with E-state index in [4.69, 9.17) is 9.47 Å². The van der Waals surface area contributed by atoms with Crippen LogP contribution in [0.15, 0.2) is 36.7 Å². The number of fused-ring (bicyclic) bond motifs is 2. The molecule has 2 fully saturated rings. The highest BCUT2D eigenvalue weighted by molar-refractivity contribution is 6.14. The van der Waals surface area contributed by atoms with E-state index >= 15 is 0 Å². The first kappa shape index (κ1) is 24.5. The van der Waals surface area contributed by atoms with Crippen molar-refractivity contribution in [2.75, 3.05) is 36.5 Å². The normalized spacial score (nSPS) is 21.5. The number of benzene rings is 2. The van der Waals surface area contributed by atoms with Crippen molar-refractivity contribution in [1.82, 2.24) is 25.1 Å². The summed E-state index contributed by atoms with van der Waals surface area (Å²) in [6.45, 7) is 7.00. The molecule has 2 aromatic heterocycles. The van der Waals surface area contributed by atoms with Crippen LogP contribution in [0, 0.1) is 5.82 Å². The number of amides is 1. The van der Waals surface area contributed by atoms with E-state index in [-0.39, 0.29) is 17.6 Å². The number of piperazine rings is 1. The lowest BCUT2D eigenvalue weighted by Gasteiger charge is -2.38. The molecule has 2 aliphatic rings. The van der Waals surface area contributed by atoms with Gasteiger partial charge in [0, 0.05) is 79.8 Å². The minimum Gasteiger partial charge on any atom is -0.461 e. The van der Waals surface area contributed by atoms with Crippen molar-refractivity contribution in [3.05, 3.63) is 48.0 Å². The number of hydrogen-bond donors (Lipinski definition) is 2. The van der Waals surface area contributed by atoms with Crippen LogP contribution in [0.4, 0.5) is 15.8 Å². The monoisotopic (exact) mass is 519 g/mol. The van der Waals surface area contributed by atoms with E-state index in [1.807, 2.05) is 6.07 Å². The summed E-state index contributed by atoms with van der Waals surface area (Å²) in [7, 11) is 1.72. The standard InChI is InChI=1S/C27H30FN7O3/c1-15-11-35(12-16(2)30-15)23-5-4-20(25-21(23)10-29-27(32-25)38-14-19-6-7-37-19)26(36)31-18-8-17-13-34(3)33-24(17)22(28)9-18/h4-5,8-10,13,15-16,19,30H,6-7,11-12,14H2,1-3H3,(H,31,36). The third-order valence-electron chi connectivity index (χ3n) is 6.97. The molecule has 4 heterocycles. The van der Waals surface area contributed by atoms with Crippen molar-refractivity contribution >= 4 is 39.1 Å². The number of nitrogens with one attached hydrogen (secondary N) is 2. The van der Waals surface area contributed by atoms with Gasteiger partial charge in [-0.3, -0.25) is 9.48 Å². The minimum absolute atomic E-state index is 0.0320. The van der Waals surface area contributed by atoms with Gasteiger partial charge in [0.1, 0.15) is 12.1 Å². The van der Waals surface area contributed by atoms with Crippen LogP contribution >= 0.6 is 0 Å². The van der Waals surface area contributed by atoms with E-state index in [0.717, 1.165) is 37.2 Å². The summed E-state index contributed by atoms with van der Waals surface area (Å²) in [4.78, 5) is 24.9. The maximum Gasteiger partial charge on any atom is 0.317 e. The molecule has 0 aliphatic carbocycles. The Morgan fingerprint density at radius 1 is 1.24 bits per heavy atom. The number of rotatable bonds is 6. The van der Waals surface area contributed by atoms with Gasteiger partial charge in [0.05, 0.1) is 17.2 Å². The number of aromatic nitrogens is 4. The first-order chi connectivity index (χ1) is 18.3. The number of carbonyl (C=O) groups is 1. The minimum atomic E-state index is -0.503. The Morgan fingerprint density at radius 2 is 2.03 bits per heavy atom. The van der Waals surface area contributed by atoms with E-state index in [0.29, 0.717) is 40.8 Å². The third-order valence-corrected chi connectivity index (χ3v) is 6.97. The Hall–Kier alpha value is -3.83. The second kappa shape index (κ2) is 9.80. The van der Waals surface area contributed by atoms with Crippen LogP contribution in [0.5, 0.6) is 6.01 Å². The highest BCUT2D eigenvalue weighted by Gasteiger charge is 2.25. The highest BCUT2D eigenvalue weighted by Crippen LogP contribution is 2.31. The fraction of sp³-hybridized carbons (Fsp3) is 0.407. The Bertz CT molecular complexity index is 1510. The van der Waals surface area contributed by atoms with Gasteiger partial charge in [0.15, 0.2) is 5.82 Å². The Balaban J connectivity index is 1.36. The molecule has 6 rings (SSSR count). The van der Waals surface area contributed by atoms with E-state index < -0.39 is 11.7 Å². The van der Waals surface area contributed by atoms with Crippen molar-refractivity contribution in [1.29, 1.82) is 0 Å². The Labute approximate surface area is 219 Å². The van der Waals surface area contributed by atoms with Gasteiger partial charge in [-0.15, -0.1) is 0 Å². The van der Waals surface area contributed by atoms with E-state index in [9.17, 15) is 9.18 Å². The van der Waals surface area contributed by atoms with Gasteiger partial charge in [0.25, 0.3) is 5.91 Å². The molecule has 2 N–H and O–H groups in total. The number of anilines is 2. The maximum absolute atomic E-state index is 14.6. The number of hydrogen-bond acceptors (Lipinski definition) is 8. The van der Waals surface area contributed by atoms with E-state index in [2.05, 4.69) is 44.4 Å². The lowest BCUT2D eigenvalue weighted by Crippen LogP contribution is -2.54. The van der Waals surface area contributed by atoms with Crippen molar-refractivity contribution in [3.8, 4) is 6.01 Å². The fourth-order valence-electron chi connectivity index (χ4n) is 5.21. The number of ether oxygens (including phenoxy) is 2. The van der Waals surface area contributed by atoms with Crippen molar-refractivity contribution in [3.63, 3.8) is 0 Å². The maximum atomic E-state index is 14.6. The number of nitrogens with zero attached hydrogens (tertiary/aromatic N) is 5. The molecule has 3 atom stereocenters. The molecule has 2 aromatic carbocycles. The number of carbonyl (C=O) groups excluding carboxylic acids is 1. The smallest absolute Gasteiger partial charge is 0.317 e. The van der Waals surface area contributed by atoms with Crippen LogP contribution in [0.1, 0.15) is 30.6 Å². The summed E-state index contributed by atoms with van der Waals surface area (Å²) in [5.41, 5.74) is 2.36. The summed E-state index contributed by atoms with van der Waals surface area (Å²) in [6, 6.07) is 7.46. The summed E-state index contributed by atoms with van der Waals surface area (Å²) in [5.74, 6) is -0.907. The second-order valence-electron chi connectivity index (χ2n) is 10.2. The lowest BCUT2D eigenvalue weighted by atomic mass is 10.0. The fourth-order valence-corrected chi connectivity index (χ4v) is 5.21. The highest BCUT2D eigenvalue weighted by atomic mass is 19.1. The van der Waals surface area contributed by atoms with Gasteiger partial charge in [0.2, 0.25) is 0 Å². The van der Waals surface area contributed by atoms with Crippen LogP contribution in [0.2, 0.25) is 0 Å². The average molecular weight is 520 g/mol. The molecule has 198 valence electrons. The van der Waals surface area contributed by atoms with Gasteiger partial charge in [-0.2, -0.15) is 10.1 Å². The molecule has 2 saturated heterocycles. The van der Waals surface area contributed by atoms with Crippen LogP contribution < -0.4 is 20.3 Å². The molecule has 0 bridgehead atoms. The molecule has 38 heavy (non-hydrogen) atoms. The molecule has 1 amide bonds. The van der Waals surface area contributed by atoms with Crippen LogP contribution in [0.25, 0.3) is 21.8 Å². The quantitative estimate of drug-likeness (QED) is 0.400. The summed E-state index contributed by atoms with van der Waals surface area (Å²) < 4.78 is 27.4. The first-order valence-corrected chi connectivity index (χ1v) is 12.8. The van der Waals surface area contributed by atoms with Crippen LogP contribution in [-0.4, -0.2) is 70.1 Å². The van der Waals surface area contributed by atoms with Crippen LogP contribution in [-0.2, 0) is 11.8 Å². The van der Waals surface area contributed by atoms with Crippen LogP contribution in [0.3, 0.4) is 0 Å². The molecule has 4 aromatic rings. The lowest BCUT2D eigenvalue weighted by molar-refractivity contribution is -0.0733. The predicted octanol–water partition coefficient (Wildman–Crippen LogP) is 3.26. The zero-order valence-electron chi connectivity index (χ0n) is 21.6. The Kier molecular flexibility index (Phi) is 6.32. The Morgan fingerprint density at radius 3 is 2.76 bits per heavy atom. The SMILES string of the molecule is CC1CN(c2ccc(C(=O)Nc3cc(F)c4nn(C)cc4c3)c3nc(OCC4CCO4)ncc23)CC(C)N1. The molecule has 2 aliphatic heterocycles. The molecule has 3 unspecified atom stereocenters. The molecule has 0 radical (unpaired) electrons. The third kappa shape index (κ3) is 4.74. The van der Waals surface area contributed by atoms with E-state index in [1.54, 1.807) is 31.6 Å². The first-order valence-electron chi connectivity index (χ1n) is 12.8. The molecular formula is C27H30FN7O3. The van der Waals surface area contributed by atoms with Gasteiger partial charge in [-0.25, -0.2) is 9.37 Å². The van der Waals surface area contributed by atoms with E-state index in [1.165, 1.54) is 10.7 Å². The summed E-state index contributed by atoms with van der Waals surface area (Å²) >= 11 is 0. The molecule has 0 spiro atoms. The zero-order valence-corrected chi connectivity index (χ0v) is 21.6. The second-order valence-corrected chi connectivity index (χ2v) is 10.2. The summed E-state index contributed by atoms with van der Waals surface area (Å²) in [5, 5.41) is 11.9. The largest absolute Gasteiger partial charge is 0.461 e. The summed E-state index contributed by atoms with van der Waals surface area (Å²) in [6.07, 6.45) is 4.38. The van der Waals surface area contributed by atoms with Crippen molar-refractivity contribution in [2.45, 2.75) is 38.5 Å². The van der Waals surface area contributed by atoms with Crippen molar-refractivity contribution in [2.24, 2.45) is 7.05 Å². The zero-order chi connectivity index (χ0) is 26.4. The van der Waals surface area contributed by atoms with Crippen molar-refractivity contribution < 1.29 is 18.7 Å². The van der Waals surface area contributed by atoms with Gasteiger partial charge in [-0.1, -0.05) is 0 Å². The average Bonchev–Trinajstić information content (AvgIpc) is 3.22. The topological polar surface area (TPSA) is 106 Å². The molecule has 10 nitrogen and oxygen atoms in total. The molecule has 11 heteroatoms. The molecular weight excluding hydrogens is 489 g/mol. The number of halogens is 1. The molecule has 0 saturated carbocycles. The predicted molar refractivity (Wildman–Crippen MR) is 142 cm³/mol.